The predicted molar refractivity (Wildman–Crippen MR) is 118 cm³/mol. The quantitative estimate of drug-likeness (QED) is 0.647. The minimum absolute atomic E-state index is 0.0692. The number of likely N-dealkylation sites (tertiary alicyclic amines) is 1. The molecular weight excluding hydrogens is 394 g/mol. The summed E-state index contributed by atoms with van der Waals surface area (Å²) >= 11 is 0. The molecule has 164 valence electrons. The number of rotatable bonds is 9. The molecule has 1 aliphatic heterocycles. The van der Waals surface area contributed by atoms with E-state index in [4.69, 9.17) is 10.5 Å². The maximum Gasteiger partial charge on any atom is 0.224 e. The summed E-state index contributed by atoms with van der Waals surface area (Å²) in [5.41, 5.74) is 7.20. The molecule has 1 heterocycles. The van der Waals surface area contributed by atoms with Gasteiger partial charge in [-0.3, -0.25) is 14.4 Å². The van der Waals surface area contributed by atoms with Crippen molar-refractivity contribution in [1.82, 2.24) is 4.90 Å². The molecule has 0 aromatic heterocycles. The smallest absolute Gasteiger partial charge is 0.224 e. The first-order valence-corrected chi connectivity index (χ1v) is 10.6. The van der Waals surface area contributed by atoms with Crippen LogP contribution < -0.4 is 15.8 Å². The molecule has 0 radical (unpaired) electrons. The van der Waals surface area contributed by atoms with Gasteiger partial charge in [0.05, 0.1) is 6.61 Å². The van der Waals surface area contributed by atoms with Crippen molar-refractivity contribution in [3.63, 3.8) is 0 Å². The molecule has 3 amide bonds. The fraction of sp³-hybridized carbons (Fsp3) is 0.375. The third-order valence-corrected chi connectivity index (χ3v) is 5.46. The summed E-state index contributed by atoms with van der Waals surface area (Å²) in [5.74, 6) is -0.00134. The first kappa shape index (κ1) is 22.3. The summed E-state index contributed by atoms with van der Waals surface area (Å²) < 4.78 is 5.75. The van der Waals surface area contributed by atoms with Gasteiger partial charge in [-0.05, 0) is 42.7 Å². The molecule has 3 N–H and O–H groups in total. The van der Waals surface area contributed by atoms with E-state index in [1.165, 1.54) is 5.56 Å². The number of amides is 3. The number of primary amides is 1. The lowest BCUT2D eigenvalue weighted by atomic mass is 9.96. The van der Waals surface area contributed by atoms with E-state index in [1.54, 1.807) is 17.0 Å². The number of nitrogens with one attached hydrogen (secondary N) is 1. The molecule has 0 saturated carbocycles. The average Bonchev–Trinajstić information content (AvgIpc) is 2.79. The molecule has 0 bridgehead atoms. The highest BCUT2D eigenvalue weighted by Gasteiger charge is 2.25. The standard InChI is InChI=1S/C24H29N3O4/c25-24(30)19-12-15-27(16-13-19)23(29)11-10-22(28)26-20-6-8-21(9-7-20)31-17-14-18-4-2-1-3-5-18/h1-9,19H,10-17H2,(H2,25,30)(H,26,28). The normalized spacial score (nSPS) is 14.1. The zero-order valence-electron chi connectivity index (χ0n) is 17.6. The molecule has 0 atom stereocenters. The second kappa shape index (κ2) is 11.2. The molecule has 3 rings (SSSR count). The zero-order chi connectivity index (χ0) is 22.1. The van der Waals surface area contributed by atoms with Gasteiger partial charge in [0, 0.05) is 44.0 Å². The molecule has 1 saturated heterocycles. The van der Waals surface area contributed by atoms with Crippen LogP contribution in [0.15, 0.2) is 54.6 Å². The molecule has 31 heavy (non-hydrogen) atoms. The van der Waals surface area contributed by atoms with Crippen molar-refractivity contribution in [2.45, 2.75) is 32.1 Å². The maximum atomic E-state index is 12.3. The van der Waals surface area contributed by atoms with Crippen LogP contribution in [-0.4, -0.2) is 42.3 Å². The van der Waals surface area contributed by atoms with Crippen LogP contribution in [0.2, 0.25) is 0 Å². The number of piperidine rings is 1. The number of ether oxygens (including phenoxy) is 1. The fourth-order valence-electron chi connectivity index (χ4n) is 3.58. The van der Waals surface area contributed by atoms with Crippen LogP contribution >= 0.6 is 0 Å². The van der Waals surface area contributed by atoms with Gasteiger partial charge in [-0.2, -0.15) is 0 Å². The van der Waals surface area contributed by atoms with Crippen LogP contribution in [0.5, 0.6) is 5.75 Å². The Balaban J connectivity index is 1.35. The van der Waals surface area contributed by atoms with Crippen LogP contribution in [-0.2, 0) is 20.8 Å². The highest BCUT2D eigenvalue weighted by Crippen LogP contribution is 2.19. The van der Waals surface area contributed by atoms with Gasteiger partial charge in [0.25, 0.3) is 0 Å². The maximum absolute atomic E-state index is 12.3. The summed E-state index contributed by atoms with van der Waals surface area (Å²) in [7, 11) is 0. The number of carbonyl (C=O) groups excluding carboxylic acids is 3. The molecule has 2 aromatic carbocycles. The largest absolute Gasteiger partial charge is 0.493 e. The van der Waals surface area contributed by atoms with Crippen LogP contribution in [0.1, 0.15) is 31.2 Å². The van der Waals surface area contributed by atoms with Crippen molar-refractivity contribution in [3.8, 4) is 5.75 Å². The van der Waals surface area contributed by atoms with E-state index in [9.17, 15) is 14.4 Å². The van der Waals surface area contributed by atoms with E-state index >= 15 is 0 Å². The van der Waals surface area contributed by atoms with Crippen molar-refractivity contribution in [2.75, 3.05) is 25.0 Å². The van der Waals surface area contributed by atoms with Crippen LogP contribution in [0.4, 0.5) is 5.69 Å². The van der Waals surface area contributed by atoms with E-state index in [1.807, 2.05) is 30.3 Å². The van der Waals surface area contributed by atoms with Gasteiger partial charge in [0.15, 0.2) is 0 Å². The third kappa shape index (κ3) is 7.13. The molecular formula is C24H29N3O4. The topological polar surface area (TPSA) is 102 Å². The van der Waals surface area contributed by atoms with Gasteiger partial charge in [-0.1, -0.05) is 30.3 Å². The monoisotopic (exact) mass is 423 g/mol. The summed E-state index contributed by atoms with van der Waals surface area (Å²) in [6.07, 6.45) is 2.27. The lowest BCUT2D eigenvalue weighted by molar-refractivity contribution is -0.135. The van der Waals surface area contributed by atoms with Crippen molar-refractivity contribution in [2.24, 2.45) is 11.7 Å². The SMILES string of the molecule is NC(=O)C1CCN(C(=O)CCC(=O)Nc2ccc(OCCc3ccccc3)cc2)CC1. The average molecular weight is 424 g/mol. The Morgan fingerprint density at radius 3 is 2.29 bits per heavy atom. The van der Waals surface area contributed by atoms with E-state index in [2.05, 4.69) is 17.4 Å². The highest BCUT2D eigenvalue weighted by atomic mass is 16.5. The lowest BCUT2D eigenvalue weighted by Gasteiger charge is -2.30. The first-order chi connectivity index (χ1) is 15.0. The van der Waals surface area contributed by atoms with Crippen LogP contribution in [0, 0.1) is 5.92 Å². The Morgan fingerprint density at radius 1 is 0.968 bits per heavy atom. The Kier molecular flexibility index (Phi) is 8.04. The van der Waals surface area contributed by atoms with E-state index in [-0.39, 0.29) is 36.5 Å². The first-order valence-electron chi connectivity index (χ1n) is 10.6. The molecule has 0 aliphatic carbocycles. The lowest BCUT2D eigenvalue weighted by Crippen LogP contribution is -2.41. The molecule has 1 aliphatic rings. The molecule has 7 heteroatoms. The summed E-state index contributed by atoms with van der Waals surface area (Å²) in [6.45, 7) is 1.61. The number of hydrogen-bond donors (Lipinski definition) is 2. The van der Waals surface area contributed by atoms with Crippen molar-refractivity contribution < 1.29 is 19.1 Å². The van der Waals surface area contributed by atoms with Gasteiger partial charge >= 0.3 is 0 Å². The van der Waals surface area contributed by atoms with Gasteiger partial charge in [0.2, 0.25) is 17.7 Å². The predicted octanol–water partition coefficient (Wildman–Crippen LogP) is 2.75. The van der Waals surface area contributed by atoms with Crippen molar-refractivity contribution in [1.29, 1.82) is 0 Å². The summed E-state index contributed by atoms with van der Waals surface area (Å²) in [5, 5.41) is 2.80. The van der Waals surface area contributed by atoms with Gasteiger partial charge in [0.1, 0.15) is 5.75 Å². The van der Waals surface area contributed by atoms with Gasteiger partial charge < -0.3 is 20.7 Å². The molecule has 0 unspecified atom stereocenters. The minimum atomic E-state index is -0.306. The number of carbonyl (C=O) groups is 3. The van der Waals surface area contributed by atoms with Crippen molar-refractivity contribution >= 4 is 23.4 Å². The van der Waals surface area contributed by atoms with E-state index in [0.29, 0.717) is 38.2 Å². The Hall–Kier alpha value is -3.35. The van der Waals surface area contributed by atoms with Crippen molar-refractivity contribution in [3.05, 3.63) is 60.2 Å². The zero-order valence-corrected chi connectivity index (χ0v) is 17.6. The summed E-state index contributed by atoms with van der Waals surface area (Å²) in [6, 6.07) is 17.3. The number of nitrogens with two attached hydrogens (primary N) is 1. The number of benzene rings is 2. The Bertz CT molecular complexity index is 875. The third-order valence-electron chi connectivity index (χ3n) is 5.46. The molecule has 2 aromatic rings. The van der Waals surface area contributed by atoms with Gasteiger partial charge in [-0.15, -0.1) is 0 Å². The van der Waals surface area contributed by atoms with Gasteiger partial charge in [-0.25, -0.2) is 0 Å². The number of nitrogens with zero attached hydrogens (tertiary/aromatic N) is 1. The summed E-state index contributed by atoms with van der Waals surface area (Å²) in [4.78, 5) is 37.4. The molecule has 7 nitrogen and oxygen atoms in total. The molecule has 0 spiro atoms. The Labute approximate surface area is 182 Å². The number of hydrogen-bond acceptors (Lipinski definition) is 4. The fourth-order valence-corrected chi connectivity index (χ4v) is 3.58. The van der Waals surface area contributed by atoms with Crippen LogP contribution in [0.25, 0.3) is 0 Å². The molecule has 1 fully saturated rings. The highest BCUT2D eigenvalue weighted by molar-refractivity contribution is 5.93. The van der Waals surface area contributed by atoms with Crippen LogP contribution in [0.3, 0.4) is 0 Å². The Morgan fingerprint density at radius 2 is 1.65 bits per heavy atom. The minimum Gasteiger partial charge on any atom is -0.493 e. The second-order valence-electron chi connectivity index (χ2n) is 7.71. The second-order valence-corrected chi connectivity index (χ2v) is 7.71. The number of anilines is 1. The van der Waals surface area contributed by atoms with E-state index in [0.717, 1.165) is 12.2 Å². The van der Waals surface area contributed by atoms with E-state index < -0.39 is 0 Å².